The second kappa shape index (κ2) is 61.2. The first-order valence-electron chi connectivity index (χ1n) is 38.1. The normalized spacial score (nSPS) is 17.7. The average Bonchev–Trinajstić information content (AvgIpc) is 4.07. The molecule has 85 heavy (non-hydrogen) atoms. The molecule has 1 aliphatic rings. The lowest BCUT2D eigenvalue weighted by Crippen LogP contribution is -2.25. The molecule has 1 saturated carbocycles. The molecule has 0 amide bonds. The Balaban J connectivity index is 1.82. The highest BCUT2D eigenvalue weighted by Crippen LogP contribution is 2.32. The van der Waals surface area contributed by atoms with Gasteiger partial charge in [-0.3, -0.25) is 0 Å². The molecule has 0 bridgehead atoms. The van der Waals surface area contributed by atoms with E-state index in [2.05, 4.69) is 69.2 Å². The minimum absolute atomic E-state index is 0.0416. The van der Waals surface area contributed by atoms with Crippen molar-refractivity contribution in [1.82, 2.24) is 0 Å². The van der Waals surface area contributed by atoms with Crippen molar-refractivity contribution in [1.29, 1.82) is 0 Å². The van der Waals surface area contributed by atoms with Gasteiger partial charge < -0.3 is 38.6 Å². The number of aliphatic hydroxyl groups excluding tert-OH is 2. The summed E-state index contributed by atoms with van der Waals surface area (Å²) >= 11 is 0. The SMILES string of the molecule is CC(C)CCC[C@@H](C)CCC[C@@H](C)CCCC(C)CCOC(CO)COCCCCCCCCCCCCOC[C@H]1CC[C@@H](COCCCCCCCCCCCCOCC(CO)OCCC(C)CCC[C@H](C)CCC[C@H](C)CCCC(C)C)C1. The Bertz CT molecular complexity index is 1220. The van der Waals surface area contributed by atoms with E-state index in [1.807, 2.05) is 0 Å². The second-order valence-electron chi connectivity index (χ2n) is 29.8. The Hall–Kier alpha value is -0.320. The summed E-state index contributed by atoms with van der Waals surface area (Å²) < 4.78 is 36.1. The topological polar surface area (TPSA) is 95.8 Å². The Morgan fingerprint density at radius 1 is 0.271 bits per heavy atom. The molecule has 0 heterocycles. The van der Waals surface area contributed by atoms with Gasteiger partial charge in [0.2, 0.25) is 0 Å². The van der Waals surface area contributed by atoms with Crippen molar-refractivity contribution in [3.05, 3.63) is 0 Å². The Morgan fingerprint density at radius 2 is 0.506 bits per heavy atom. The Labute approximate surface area is 532 Å². The van der Waals surface area contributed by atoms with E-state index in [1.165, 1.54) is 250 Å². The van der Waals surface area contributed by atoms with Crippen molar-refractivity contribution in [3.8, 4) is 0 Å². The van der Waals surface area contributed by atoms with Crippen LogP contribution in [0.3, 0.4) is 0 Å². The summed E-state index contributed by atoms with van der Waals surface area (Å²) in [5, 5.41) is 19.7. The maximum Gasteiger partial charge on any atom is 0.104 e. The van der Waals surface area contributed by atoms with Gasteiger partial charge >= 0.3 is 0 Å². The predicted molar refractivity (Wildman–Crippen MR) is 367 cm³/mol. The zero-order valence-electron chi connectivity index (χ0n) is 59.2. The summed E-state index contributed by atoms with van der Waals surface area (Å²) in [7, 11) is 0. The van der Waals surface area contributed by atoms with E-state index in [0.717, 1.165) is 126 Å². The lowest BCUT2D eigenvalue weighted by atomic mass is 9.91. The highest BCUT2D eigenvalue weighted by Gasteiger charge is 2.25. The van der Waals surface area contributed by atoms with Crippen LogP contribution in [0.2, 0.25) is 0 Å². The van der Waals surface area contributed by atoms with E-state index in [9.17, 15) is 10.2 Å². The van der Waals surface area contributed by atoms with Crippen LogP contribution >= 0.6 is 0 Å². The van der Waals surface area contributed by atoms with Gasteiger partial charge in [0.15, 0.2) is 0 Å². The molecule has 1 aliphatic carbocycles. The van der Waals surface area contributed by atoms with Crippen molar-refractivity contribution in [2.75, 3.05) is 79.3 Å². The summed E-state index contributed by atoms with van der Waals surface area (Å²) in [6, 6.07) is 0. The van der Waals surface area contributed by atoms with E-state index in [-0.39, 0.29) is 25.4 Å². The number of ether oxygens (including phenoxy) is 6. The zero-order valence-corrected chi connectivity index (χ0v) is 59.2. The van der Waals surface area contributed by atoms with Crippen LogP contribution in [0.25, 0.3) is 0 Å². The fraction of sp³-hybridized carbons (Fsp3) is 1.00. The average molecular weight is 1210 g/mol. The maximum atomic E-state index is 9.83. The predicted octanol–water partition coefficient (Wildman–Crippen LogP) is 22.0. The van der Waals surface area contributed by atoms with E-state index in [0.29, 0.717) is 25.0 Å². The van der Waals surface area contributed by atoms with Crippen LogP contribution in [-0.2, 0) is 28.4 Å². The standard InChI is InChI=1S/C77H154O8/c1-66(2)37-31-39-68(5)41-33-43-70(7)45-35-47-72(9)51-57-84-76(60-78)64-82-55-29-25-21-17-13-11-15-19-23-27-53-80-62-74-49-50-75(59-74)63-81-54-28-24-20-16-12-14-18-22-26-30-56-83-65-77(61-79)85-58-52-73(10)48-36-46-71(8)44-34-42-69(6)40-32-38-67(3)4/h66-79H,11-65H2,1-10H3/t68-,69-,70-,71-,72?,73?,74-,75+,76?,77?/m1/s1. The number of aliphatic hydroxyl groups is 2. The minimum atomic E-state index is -0.193. The van der Waals surface area contributed by atoms with Gasteiger partial charge in [-0.2, -0.15) is 0 Å². The van der Waals surface area contributed by atoms with Crippen LogP contribution in [0.1, 0.15) is 345 Å². The molecule has 10 atom stereocenters. The van der Waals surface area contributed by atoms with Gasteiger partial charge in [0.05, 0.1) is 26.4 Å². The molecule has 8 heteroatoms. The van der Waals surface area contributed by atoms with E-state index in [1.54, 1.807) is 0 Å². The Kier molecular flexibility index (Phi) is 59.5. The van der Waals surface area contributed by atoms with E-state index in [4.69, 9.17) is 28.4 Å². The molecule has 0 aromatic carbocycles. The molecule has 0 aromatic rings. The summed E-state index contributed by atoms with van der Waals surface area (Å²) in [6.07, 6.45) is 56.0. The lowest BCUT2D eigenvalue weighted by molar-refractivity contribution is -0.0459. The first kappa shape index (κ1) is 82.7. The summed E-state index contributed by atoms with van der Waals surface area (Å²) in [5.41, 5.74) is 0. The van der Waals surface area contributed by atoms with E-state index >= 15 is 0 Å². The largest absolute Gasteiger partial charge is 0.394 e. The number of hydrogen-bond donors (Lipinski definition) is 2. The first-order chi connectivity index (χ1) is 41.3. The molecular formula is C77H154O8. The molecular weight excluding hydrogens is 1050 g/mol. The molecule has 0 aromatic heterocycles. The van der Waals surface area contributed by atoms with Crippen LogP contribution < -0.4 is 0 Å². The van der Waals surface area contributed by atoms with E-state index < -0.39 is 0 Å². The van der Waals surface area contributed by atoms with Gasteiger partial charge in [-0.15, -0.1) is 0 Å². The third-order valence-electron chi connectivity index (χ3n) is 19.5. The van der Waals surface area contributed by atoms with Crippen molar-refractivity contribution in [2.24, 2.45) is 59.2 Å². The first-order valence-corrected chi connectivity index (χ1v) is 38.1. The van der Waals surface area contributed by atoms with Crippen molar-refractivity contribution >= 4 is 0 Å². The minimum Gasteiger partial charge on any atom is -0.394 e. The van der Waals surface area contributed by atoms with Crippen LogP contribution in [-0.4, -0.2) is 102 Å². The molecule has 0 saturated heterocycles. The van der Waals surface area contributed by atoms with Gasteiger partial charge in [0.25, 0.3) is 0 Å². The molecule has 510 valence electrons. The molecule has 2 N–H and O–H groups in total. The molecule has 0 radical (unpaired) electrons. The van der Waals surface area contributed by atoms with Crippen molar-refractivity contribution < 1.29 is 38.6 Å². The van der Waals surface area contributed by atoms with Gasteiger partial charge in [0.1, 0.15) is 12.2 Å². The third-order valence-corrected chi connectivity index (χ3v) is 19.5. The highest BCUT2D eigenvalue weighted by atomic mass is 16.5. The monoisotopic (exact) mass is 1210 g/mol. The van der Waals surface area contributed by atoms with Crippen LogP contribution in [0.5, 0.6) is 0 Å². The maximum absolute atomic E-state index is 9.83. The van der Waals surface area contributed by atoms with Crippen LogP contribution in [0.4, 0.5) is 0 Å². The van der Waals surface area contributed by atoms with Gasteiger partial charge in [-0.1, -0.05) is 288 Å². The number of unbranched alkanes of at least 4 members (excludes halogenated alkanes) is 18. The highest BCUT2D eigenvalue weighted by molar-refractivity contribution is 4.75. The van der Waals surface area contributed by atoms with Gasteiger partial charge in [-0.25, -0.2) is 0 Å². The van der Waals surface area contributed by atoms with Crippen molar-refractivity contribution in [3.63, 3.8) is 0 Å². The number of rotatable bonds is 68. The lowest BCUT2D eigenvalue weighted by Gasteiger charge is -2.18. The van der Waals surface area contributed by atoms with Gasteiger partial charge in [0, 0.05) is 52.9 Å². The Morgan fingerprint density at radius 3 is 0.765 bits per heavy atom. The summed E-state index contributed by atoms with van der Waals surface area (Å²) in [6.45, 7) is 31.7. The quantitative estimate of drug-likeness (QED) is 0.0582. The smallest absolute Gasteiger partial charge is 0.104 e. The molecule has 8 nitrogen and oxygen atoms in total. The fourth-order valence-corrected chi connectivity index (χ4v) is 13.1. The molecule has 0 aliphatic heterocycles. The van der Waals surface area contributed by atoms with Gasteiger partial charge in [-0.05, 0) is 117 Å². The fourth-order valence-electron chi connectivity index (χ4n) is 13.1. The van der Waals surface area contributed by atoms with Crippen molar-refractivity contribution in [2.45, 2.75) is 358 Å². The molecule has 1 fully saturated rings. The summed E-state index contributed by atoms with van der Waals surface area (Å²) in [5.74, 6) is 7.95. The van der Waals surface area contributed by atoms with Crippen LogP contribution in [0, 0.1) is 59.2 Å². The van der Waals surface area contributed by atoms with Crippen LogP contribution in [0.15, 0.2) is 0 Å². The zero-order chi connectivity index (χ0) is 62.1. The molecule has 0 spiro atoms. The third kappa shape index (κ3) is 57.3. The molecule has 1 rings (SSSR count). The summed E-state index contributed by atoms with van der Waals surface area (Å²) in [4.78, 5) is 0. The number of hydrogen-bond acceptors (Lipinski definition) is 8. The second-order valence-corrected chi connectivity index (χ2v) is 29.8. The molecule has 4 unspecified atom stereocenters.